The van der Waals surface area contributed by atoms with Gasteiger partial charge in [-0.05, 0) is 30.9 Å². The minimum absolute atomic E-state index is 0.0862. The molecule has 1 unspecified atom stereocenters. The van der Waals surface area contributed by atoms with E-state index in [1.807, 2.05) is 37.3 Å². The average Bonchev–Trinajstić information content (AvgIpc) is 2.53. The molecule has 0 fully saturated rings. The predicted octanol–water partition coefficient (Wildman–Crippen LogP) is 3.20. The van der Waals surface area contributed by atoms with Gasteiger partial charge < -0.3 is 0 Å². The summed E-state index contributed by atoms with van der Waals surface area (Å²) in [7, 11) is 0. The minimum atomic E-state index is -0.298. The van der Waals surface area contributed by atoms with Crippen molar-refractivity contribution >= 4 is 23.7 Å². The van der Waals surface area contributed by atoms with Crippen molar-refractivity contribution in [3.05, 3.63) is 58.9 Å². The number of anilines is 1. The standard InChI is InChI=1S/C19H19N3O2/c1-12-10-15-18(16(23)11-12)13(2)20-19(21-15)22-17(24)9-8-14-6-4-3-5-7-14/h3-9,12H,10-11H2,1-2H3,(H,20,21,22,24)/b9-8+. The molecule has 1 heterocycles. The van der Waals surface area contributed by atoms with Gasteiger partial charge in [-0.1, -0.05) is 37.3 Å². The first-order valence-corrected chi connectivity index (χ1v) is 7.97. The van der Waals surface area contributed by atoms with E-state index < -0.39 is 0 Å². The predicted molar refractivity (Wildman–Crippen MR) is 92.7 cm³/mol. The van der Waals surface area contributed by atoms with Crippen LogP contribution in [0.1, 0.15) is 40.7 Å². The van der Waals surface area contributed by atoms with E-state index in [1.165, 1.54) is 6.08 Å². The van der Waals surface area contributed by atoms with Gasteiger partial charge in [0, 0.05) is 12.5 Å². The monoisotopic (exact) mass is 321 g/mol. The van der Waals surface area contributed by atoms with Gasteiger partial charge in [0.25, 0.3) is 5.91 Å². The Morgan fingerprint density at radius 1 is 1.21 bits per heavy atom. The number of aryl methyl sites for hydroxylation is 1. The number of amides is 1. The van der Waals surface area contributed by atoms with Crippen molar-refractivity contribution in [2.24, 2.45) is 5.92 Å². The number of fused-ring (bicyclic) bond motifs is 1. The van der Waals surface area contributed by atoms with Crippen molar-refractivity contribution < 1.29 is 9.59 Å². The van der Waals surface area contributed by atoms with E-state index in [9.17, 15) is 9.59 Å². The highest BCUT2D eigenvalue weighted by Crippen LogP contribution is 2.26. The molecule has 1 aromatic heterocycles. The van der Waals surface area contributed by atoms with Gasteiger partial charge in [-0.3, -0.25) is 14.9 Å². The maximum absolute atomic E-state index is 12.1. The Balaban J connectivity index is 1.77. The lowest BCUT2D eigenvalue weighted by molar-refractivity contribution is -0.111. The normalized spacial score (nSPS) is 16.9. The Morgan fingerprint density at radius 2 is 1.96 bits per heavy atom. The average molecular weight is 321 g/mol. The molecule has 0 aliphatic heterocycles. The van der Waals surface area contributed by atoms with Crippen LogP contribution in [0.2, 0.25) is 0 Å². The van der Waals surface area contributed by atoms with Crippen molar-refractivity contribution in [2.45, 2.75) is 26.7 Å². The Hall–Kier alpha value is -2.82. The van der Waals surface area contributed by atoms with E-state index in [2.05, 4.69) is 15.3 Å². The van der Waals surface area contributed by atoms with Gasteiger partial charge in [-0.2, -0.15) is 0 Å². The van der Waals surface area contributed by atoms with Gasteiger partial charge in [-0.25, -0.2) is 9.97 Å². The lowest BCUT2D eigenvalue weighted by Crippen LogP contribution is -2.23. The summed E-state index contributed by atoms with van der Waals surface area (Å²) in [5, 5.41) is 2.67. The van der Waals surface area contributed by atoms with Gasteiger partial charge in [0.1, 0.15) is 0 Å². The molecule has 0 saturated carbocycles. The molecule has 1 aliphatic rings. The fraction of sp³-hybridized carbons (Fsp3) is 0.263. The van der Waals surface area contributed by atoms with E-state index in [1.54, 1.807) is 13.0 Å². The van der Waals surface area contributed by atoms with Crippen LogP contribution in [0.25, 0.3) is 6.08 Å². The van der Waals surface area contributed by atoms with Crippen LogP contribution in [0.3, 0.4) is 0 Å². The maximum Gasteiger partial charge on any atom is 0.250 e. The summed E-state index contributed by atoms with van der Waals surface area (Å²) in [6.07, 6.45) is 4.43. The number of Topliss-reactive ketones (excluding diaryl/α,β-unsaturated/α-hetero) is 1. The molecule has 1 N–H and O–H groups in total. The maximum atomic E-state index is 12.1. The van der Waals surface area contributed by atoms with E-state index in [0.29, 0.717) is 17.7 Å². The fourth-order valence-electron chi connectivity index (χ4n) is 2.91. The van der Waals surface area contributed by atoms with E-state index in [0.717, 1.165) is 17.7 Å². The molecule has 1 amide bonds. The Bertz CT molecular complexity index is 813. The number of nitrogens with zero attached hydrogens (tertiary/aromatic N) is 2. The van der Waals surface area contributed by atoms with Crippen LogP contribution in [0, 0.1) is 12.8 Å². The minimum Gasteiger partial charge on any atom is -0.294 e. The first kappa shape index (κ1) is 16.1. The zero-order chi connectivity index (χ0) is 17.1. The van der Waals surface area contributed by atoms with Gasteiger partial charge in [0.05, 0.1) is 17.0 Å². The topological polar surface area (TPSA) is 72.0 Å². The Morgan fingerprint density at radius 3 is 2.71 bits per heavy atom. The summed E-state index contributed by atoms with van der Waals surface area (Å²) in [5.41, 5.74) is 2.91. The number of ketones is 1. The molecule has 2 aromatic rings. The lowest BCUT2D eigenvalue weighted by atomic mass is 9.86. The third kappa shape index (κ3) is 3.56. The molecule has 0 bridgehead atoms. The second-order valence-corrected chi connectivity index (χ2v) is 6.12. The number of carbonyl (C=O) groups is 2. The number of hydrogen-bond donors (Lipinski definition) is 1. The van der Waals surface area contributed by atoms with Gasteiger partial charge >= 0.3 is 0 Å². The number of benzene rings is 1. The highest BCUT2D eigenvalue weighted by atomic mass is 16.1. The van der Waals surface area contributed by atoms with Crippen LogP contribution in [0.5, 0.6) is 0 Å². The van der Waals surface area contributed by atoms with Crippen molar-refractivity contribution in [3.8, 4) is 0 Å². The van der Waals surface area contributed by atoms with Crippen molar-refractivity contribution in [3.63, 3.8) is 0 Å². The smallest absolute Gasteiger partial charge is 0.250 e. The van der Waals surface area contributed by atoms with Gasteiger partial charge in [-0.15, -0.1) is 0 Å². The number of aromatic nitrogens is 2. The second kappa shape index (κ2) is 6.74. The van der Waals surface area contributed by atoms with Gasteiger partial charge in [0.15, 0.2) is 5.78 Å². The molecule has 1 aliphatic carbocycles. The molecule has 24 heavy (non-hydrogen) atoms. The van der Waals surface area contributed by atoms with Crippen LogP contribution < -0.4 is 5.32 Å². The SMILES string of the molecule is Cc1nc(NC(=O)/C=C/c2ccccc2)nc2c1C(=O)CC(C)C2. The molecule has 122 valence electrons. The van der Waals surface area contributed by atoms with Crippen molar-refractivity contribution in [2.75, 3.05) is 5.32 Å². The molecule has 5 nitrogen and oxygen atoms in total. The lowest BCUT2D eigenvalue weighted by Gasteiger charge is -2.21. The zero-order valence-electron chi connectivity index (χ0n) is 13.7. The van der Waals surface area contributed by atoms with Crippen LogP contribution in [0.4, 0.5) is 5.95 Å². The number of nitrogens with one attached hydrogen (secondary N) is 1. The van der Waals surface area contributed by atoms with Crippen LogP contribution in [0.15, 0.2) is 36.4 Å². The largest absolute Gasteiger partial charge is 0.294 e. The highest BCUT2D eigenvalue weighted by molar-refractivity contribution is 6.02. The third-order valence-corrected chi connectivity index (χ3v) is 3.98. The summed E-state index contributed by atoms with van der Waals surface area (Å²) in [6, 6.07) is 9.56. The molecular weight excluding hydrogens is 302 g/mol. The first-order valence-electron chi connectivity index (χ1n) is 7.97. The van der Waals surface area contributed by atoms with Crippen molar-refractivity contribution in [1.82, 2.24) is 9.97 Å². The van der Waals surface area contributed by atoms with E-state index in [4.69, 9.17) is 0 Å². The third-order valence-electron chi connectivity index (χ3n) is 3.98. The quantitative estimate of drug-likeness (QED) is 0.881. The summed E-state index contributed by atoms with van der Waals surface area (Å²) in [4.78, 5) is 32.8. The Kier molecular flexibility index (Phi) is 4.51. The molecule has 5 heteroatoms. The van der Waals surface area contributed by atoms with Crippen molar-refractivity contribution in [1.29, 1.82) is 0 Å². The van der Waals surface area contributed by atoms with Crippen LogP contribution >= 0.6 is 0 Å². The zero-order valence-corrected chi connectivity index (χ0v) is 13.7. The van der Waals surface area contributed by atoms with Crippen LogP contribution in [-0.4, -0.2) is 21.7 Å². The molecule has 1 aromatic carbocycles. The Labute approximate surface area is 140 Å². The first-order chi connectivity index (χ1) is 11.5. The summed E-state index contributed by atoms with van der Waals surface area (Å²) in [6.45, 7) is 3.81. The fourth-order valence-corrected chi connectivity index (χ4v) is 2.91. The molecule has 0 saturated heterocycles. The number of hydrogen-bond acceptors (Lipinski definition) is 4. The highest BCUT2D eigenvalue weighted by Gasteiger charge is 2.26. The second-order valence-electron chi connectivity index (χ2n) is 6.12. The number of carbonyl (C=O) groups excluding carboxylic acids is 2. The van der Waals surface area contributed by atoms with Crippen LogP contribution in [-0.2, 0) is 11.2 Å². The summed E-state index contributed by atoms with van der Waals surface area (Å²) >= 11 is 0. The molecular formula is C19H19N3O2. The van der Waals surface area contributed by atoms with E-state index in [-0.39, 0.29) is 23.6 Å². The molecule has 1 atom stereocenters. The van der Waals surface area contributed by atoms with Gasteiger partial charge in [0.2, 0.25) is 5.95 Å². The summed E-state index contributed by atoms with van der Waals surface area (Å²) in [5.74, 6) is 0.299. The molecule has 0 radical (unpaired) electrons. The number of rotatable bonds is 3. The molecule has 3 rings (SSSR count). The molecule has 0 spiro atoms. The van der Waals surface area contributed by atoms with E-state index >= 15 is 0 Å². The summed E-state index contributed by atoms with van der Waals surface area (Å²) < 4.78 is 0.